The van der Waals surface area contributed by atoms with E-state index in [1.54, 1.807) is 7.05 Å². The number of nitrogens with zero attached hydrogens (tertiary/aromatic N) is 3. The lowest BCUT2D eigenvalue weighted by molar-refractivity contribution is -0.121. The number of carbonyl (C=O) groups is 1. The minimum Gasteiger partial charge on any atom is -0.366 e. The monoisotopic (exact) mass is 507 g/mol. The van der Waals surface area contributed by atoms with Gasteiger partial charge in [-0.15, -0.1) is 24.0 Å². The Morgan fingerprint density at radius 3 is 2.57 bits per heavy atom. The van der Waals surface area contributed by atoms with E-state index in [1.165, 1.54) is 6.07 Å². The molecule has 0 unspecified atom stereocenters. The standard InChI is InChI=1S/C19H27F2N5O.HI/c1-22-19(23-8-2-3-18(27)24-15-5-6-15)26-11-9-25(10-12-26)17-13-14(20)4-7-16(17)21;/h4,7,13,15H,2-3,5-6,8-12H2,1H3,(H,22,23)(H,24,27);1H. The lowest BCUT2D eigenvalue weighted by atomic mass is 10.2. The third-order valence-corrected chi connectivity index (χ3v) is 4.85. The Balaban J connectivity index is 0.00000280. The molecular formula is C19H28F2IN5O. The summed E-state index contributed by atoms with van der Waals surface area (Å²) in [5, 5.41) is 6.26. The van der Waals surface area contributed by atoms with Crippen molar-refractivity contribution in [1.82, 2.24) is 15.5 Å². The molecule has 1 aromatic rings. The Bertz CT molecular complexity index is 691. The van der Waals surface area contributed by atoms with Crippen molar-refractivity contribution in [3.63, 3.8) is 0 Å². The molecule has 0 atom stereocenters. The third kappa shape index (κ3) is 6.46. The number of hydrogen-bond donors (Lipinski definition) is 2. The molecule has 1 amide bonds. The van der Waals surface area contributed by atoms with Crippen molar-refractivity contribution in [2.45, 2.75) is 31.7 Å². The number of piperazine rings is 1. The number of carbonyl (C=O) groups excluding carboxylic acids is 1. The van der Waals surface area contributed by atoms with Crippen molar-refractivity contribution in [1.29, 1.82) is 0 Å². The van der Waals surface area contributed by atoms with Crippen molar-refractivity contribution >= 4 is 41.5 Å². The van der Waals surface area contributed by atoms with Gasteiger partial charge in [0.2, 0.25) is 5.91 Å². The molecule has 2 N–H and O–H groups in total. The maximum Gasteiger partial charge on any atom is 0.220 e. The average molecular weight is 507 g/mol. The Morgan fingerprint density at radius 1 is 1.21 bits per heavy atom. The summed E-state index contributed by atoms with van der Waals surface area (Å²) in [6.07, 6.45) is 3.45. The van der Waals surface area contributed by atoms with Crippen LogP contribution in [0.25, 0.3) is 0 Å². The summed E-state index contributed by atoms with van der Waals surface area (Å²) in [5.74, 6) is 0.0471. The summed E-state index contributed by atoms with van der Waals surface area (Å²) < 4.78 is 27.3. The molecule has 2 aliphatic rings. The van der Waals surface area contributed by atoms with Gasteiger partial charge in [0.05, 0.1) is 5.69 Å². The maximum atomic E-state index is 13.9. The fourth-order valence-electron chi connectivity index (χ4n) is 3.20. The molecule has 0 aromatic heterocycles. The molecule has 2 fully saturated rings. The van der Waals surface area contributed by atoms with Crippen LogP contribution in [0.2, 0.25) is 0 Å². The highest BCUT2D eigenvalue weighted by molar-refractivity contribution is 14.0. The number of nitrogens with one attached hydrogen (secondary N) is 2. The Labute approximate surface area is 181 Å². The van der Waals surface area contributed by atoms with Crippen LogP contribution in [0.3, 0.4) is 0 Å². The second-order valence-corrected chi connectivity index (χ2v) is 6.99. The number of benzene rings is 1. The highest BCUT2D eigenvalue weighted by Crippen LogP contribution is 2.22. The van der Waals surface area contributed by atoms with Gasteiger partial charge in [0.1, 0.15) is 11.6 Å². The zero-order valence-electron chi connectivity index (χ0n) is 16.1. The summed E-state index contributed by atoms with van der Waals surface area (Å²) in [7, 11) is 1.72. The topological polar surface area (TPSA) is 60.0 Å². The van der Waals surface area contributed by atoms with Crippen molar-refractivity contribution in [2.75, 3.05) is 44.7 Å². The maximum absolute atomic E-state index is 13.9. The highest BCUT2D eigenvalue weighted by Gasteiger charge is 2.23. The van der Waals surface area contributed by atoms with Crippen molar-refractivity contribution in [2.24, 2.45) is 4.99 Å². The van der Waals surface area contributed by atoms with E-state index in [0.29, 0.717) is 50.9 Å². The molecule has 0 spiro atoms. The van der Waals surface area contributed by atoms with Crippen LogP contribution >= 0.6 is 24.0 Å². The van der Waals surface area contributed by atoms with Crippen LogP contribution in [-0.4, -0.2) is 62.6 Å². The molecule has 156 valence electrons. The molecular weight excluding hydrogens is 479 g/mol. The number of hydrogen-bond acceptors (Lipinski definition) is 3. The SMILES string of the molecule is CN=C(NCCCC(=O)NC1CC1)N1CCN(c2cc(F)ccc2F)CC1.I. The summed E-state index contributed by atoms with van der Waals surface area (Å²) >= 11 is 0. The van der Waals surface area contributed by atoms with E-state index in [-0.39, 0.29) is 29.9 Å². The van der Waals surface area contributed by atoms with Crippen molar-refractivity contribution in [3.8, 4) is 0 Å². The molecule has 28 heavy (non-hydrogen) atoms. The second-order valence-electron chi connectivity index (χ2n) is 6.99. The third-order valence-electron chi connectivity index (χ3n) is 4.85. The van der Waals surface area contributed by atoms with Gasteiger partial charge in [-0.1, -0.05) is 0 Å². The van der Waals surface area contributed by atoms with Crippen LogP contribution in [0.5, 0.6) is 0 Å². The molecule has 9 heteroatoms. The van der Waals surface area contributed by atoms with Crippen LogP contribution in [0.15, 0.2) is 23.2 Å². The summed E-state index contributed by atoms with van der Waals surface area (Å²) in [6, 6.07) is 3.94. The van der Waals surface area contributed by atoms with Crippen LogP contribution in [0.1, 0.15) is 25.7 Å². The van der Waals surface area contributed by atoms with Crippen molar-refractivity contribution in [3.05, 3.63) is 29.8 Å². The van der Waals surface area contributed by atoms with Crippen LogP contribution < -0.4 is 15.5 Å². The lowest BCUT2D eigenvalue weighted by Gasteiger charge is -2.37. The first-order valence-electron chi connectivity index (χ1n) is 9.52. The van der Waals surface area contributed by atoms with Gasteiger partial charge in [0.15, 0.2) is 5.96 Å². The zero-order chi connectivity index (χ0) is 19.2. The predicted molar refractivity (Wildman–Crippen MR) is 117 cm³/mol. The van der Waals surface area contributed by atoms with Gasteiger partial charge >= 0.3 is 0 Å². The number of anilines is 1. The first-order chi connectivity index (χ1) is 13.1. The van der Waals surface area contributed by atoms with Crippen LogP contribution in [0.4, 0.5) is 14.5 Å². The van der Waals surface area contributed by atoms with E-state index >= 15 is 0 Å². The zero-order valence-corrected chi connectivity index (χ0v) is 18.4. The lowest BCUT2D eigenvalue weighted by Crippen LogP contribution is -2.52. The van der Waals surface area contributed by atoms with E-state index < -0.39 is 11.6 Å². The minimum atomic E-state index is -0.433. The molecule has 1 heterocycles. The van der Waals surface area contributed by atoms with Crippen LogP contribution in [-0.2, 0) is 4.79 Å². The average Bonchev–Trinajstić information content (AvgIpc) is 3.48. The Hall–Kier alpha value is -1.65. The first kappa shape index (κ1) is 22.6. The summed E-state index contributed by atoms with van der Waals surface area (Å²) in [4.78, 5) is 19.9. The first-order valence-corrected chi connectivity index (χ1v) is 9.52. The van der Waals surface area contributed by atoms with E-state index in [2.05, 4.69) is 20.5 Å². The number of guanidine groups is 1. The van der Waals surface area contributed by atoms with Gasteiger partial charge < -0.3 is 20.4 Å². The molecule has 3 rings (SSSR count). The van der Waals surface area contributed by atoms with Gasteiger partial charge in [-0.25, -0.2) is 8.78 Å². The van der Waals surface area contributed by atoms with Gasteiger partial charge in [0, 0.05) is 58.3 Å². The van der Waals surface area contributed by atoms with Gasteiger partial charge in [0.25, 0.3) is 0 Å². The van der Waals surface area contributed by atoms with Gasteiger partial charge in [-0.05, 0) is 31.4 Å². The van der Waals surface area contributed by atoms with E-state index in [1.807, 2.05) is 4.90 Å². The largest absolute Gasteiger partial charge is 0.366 e. The highest BCUT2D eigenvalue weighted by atomic mass is 127. The quantitative estimate of drug-likeness (QED) is 0.269. The van der Waals surface area contributed by atoms with E-state index in [9.17, 15) is 13.6 Å². The smallest absolute Gasteiger partial charge is 0.220 e. The molecule has 1 saturated heterocycles. The molecule has 1 saturated carbocycles. The normalized spacial score (nSPS) is 17.2. The Kier molecular flexibility index (Phi) is 8.71. The summed E-state index contributed by atoms with van der Waals surface area (Å²) in [5.41, 5.74) is 0.305. The number of rotatable bonds is 6. The molecule has 1 aromatic carbocycles. The predicted octanol–water partition coefficient (Wildman–Crippen LogP) is 2.34. The molecule has 1 aliphatic heterocycles. The number of amides is 1. The van der Waals surface area contributed by atoms with E-state index in [4.69, 9.17) is 0 Å². The number of aliphatic imine (C=N–C) groups is 1. The van der Waals surface area contributed by atoms with Gasteiger partial charge in [-0.3, -0.25) is 9.79 Å². The second kappa shape index (κ2) is 10.8. The van der Waals surface area contributed by atoms with E-state index in [0.717, 1.165) is 37.4 Å². The molecule has 0 bridgehead atoms. The number of halogens is 3. The summed E-state index contributed by atoms with van der Waals surface area (Å²) in [6.45, 7) is 3.18. The molecule has 0 radical (unpaired) electrons. The minimum absolute atomic E-state index is 0. The Morgan fingerprint density at radius 2 is 1.93 bits per heavy atom. The fraction of sp³-hybridized carbons (Fsp3) is 0.579. The molecule has 1 aliphatic carbocycles. The fourth-order valence-corrected chi connectivity index (χ4v) is 3.20. The van der Waals surface area contributed by atoms with Gasteiger partial charge in [-0.2, -0.15) is 0 Å². The van der Waals surface area contributed by atoms with Crippen molar-refractivity contribution < 1.29 is 13.6 Å². The molecule has 6 nitrogen and oxygen atoms in total. The van der Waals surface area contributed by atoms with Crippen LogP contribution in [0, 0.1) is 11.6 Å².